The lowest BCUT2D eigenvalue weighted by Gasteiger charge is -2.21. The number of benzene rings is 2. The van der Waals surface area contributed by atoms with Crippen LogP contribution in [0, 0.1) is 5.92 Å². The van der Waals surface area contributed by atoms with E-state index >= 15 is 0 Å². The minimum absolute atomic E-state index is 0.102. The molecule has 122 valence electrons. The Morgan fingerprint density at radius 1 is 1.00 bits per heavy atom. The maximum Gasteiger partial charge on any atom is 0.221 e. The van der Waals surface area contributed by atoms with Crippen LogP contribution in [0.1, 0.15) is 38.3 Å². The van der Waals surface area contributed by atoms with Gasteiger partial charge in [0, 0.05) is 17.1 Å². The monoisotopic (exact) mass is 327 g/mol. The van der Waals surface area contributed by atoms with E-state index in [1.165, 1.54) is 10.5 Å². The number of amides is 1. The molecule has 0 aromatic heterocycles. The average molecular weight is 327 g/mol. The lowest BCUT2D eigenvalue weighted by Crippen LogP contribution is -2.29. The van der Waals surface area contributed by atoms with Crippen LogP contribution in [0.15, 0.2) is 65.6 Å². The average Bonchev–Trinajstić information content (AvgIpc) is 2.56. The fourth-order valence-electron chi connectivity index (χ4n) is 2.48. The second-order valence-electron chi connectivity index (χ2n) is 6.07. The lowest BCUT2D eigenvalue weighted by molar-refractivity contribution is -0.121. The van der Waals surface area contributed by atoms with Gasteiger partial charge < -0.3 is 5.32 Å². The van der Waals surface area contributed by atoms with Crippen LogP contribution in [0.4, 0.5) is 0 Å². The van der Waals surface area contributed by atoms with Crippen LogP contribution >= 0.6 is 11.8 Å². The summed E-state index contributed by atoms with van der Waals surface area (Å²) in [6, 6.07) is 20.6. The summed E-state index contributed by atoms with van der Waals surface area (Å²) in [5.74, 6) is 1.47. The Bertz CT molecular complexity index is 583. The van der Waals surface area contributed by atoms with Crippen LogP contribution in [0.25, 0.3) is 0 Å². The minimum atomic E-state index is 0.102. The van der Waals surface area contributed by atoms with E-state index in [1.807, 2.05) is 36.4 Å². The molecule has 2 aromatic rings. The molecule has 3 heteroatoms. The molecule has 0 fully saturated rings. The summed E-state index contributed by atoms with van der Waals surface area (Å²) in [5, 5.41) is 3.20. The molecule has 0 aliphatic heterocycles. The molecule has 0 saturated carbocycles. The van der Waals surface area contributed by atoms with Crippen molar-refractivity contribution in [3.05, 3.63) is 66.2 Å². The number of hydrogen-bond acceptors (Lipinski definition) is 2. The molecular formula is C20H25NOS. The van der Waals surface area contributed by atoms with Gasteiger partial charge in [0.1, 0.15) is 0 Å². The molecule has 0 spiro atoms. The van der Waals surface area contributed by atoms with Gasteiger partial charge in [0.25, 0.3) is 0 Å². The highest BCUT2D eigenvalue weighted by Crippen LogP contribution is 2.22. The van der Waals surface area contributed by atoms with E-state index in [0.29, 0.717) is 12.3 Å². The number of carbonyl (C=O) groups is 1. The first-order valence-corrected chi connectivity index (χ1v) is 9.16. The molecule has 23 heavy (non-hydrogen) atoms. The highest BCUT2D eigenvalue weighted by Gasteiger charge is 2.15. The highest BCUT2D eigenvalue weighted by atomic mass is 32.2. The topological polar surface area (TPSA) is 29.1 Å². The van der Waals surface area contributed by atoms with Gasteiger partial charge in [-0.3, -0.25) is 4.79 Å². The first-order valence-electron chi connectivity index (χ1n) is 8.17. The van der Waals surface area contributed by atoms with Crippen LogP contribution in [-0.4, -0.2) is 11.7 Å². The van der Waals surface area contributed by atoms with Crippen molar-refractivity contribution in [1.29, 1.82) is 0 Å². The molecule has 2 nitrogen and oxygen atoms in total. The van der Waals surface area contributed by atoms with Crippen LogP contribution in [-0.2, 0) is 4.79 Å². The molecular weight excluding hydrogens is 302 g/mol. The molecule has 1 amide bonds. The van der Waals surface area contributed by atoms with Gasteiger partial charge in [-0.05, 0) is 30.0 Å². The van der Waals surface area contributed by atoms with Crippen LogP contribution < -0.4 is 5.32 Å². The van der Waals surface area contributed by atoms with Gasteiger partial charge in [-0.1, -0.05) is 62.4 Å². The summed E-state index contributed by atoms with van der Waals surface area (Å²) in [6.45, 7) is 4.38. The van der Waals surface area contributed by atoms with Crippen molar-refractivity contribution in [2.45, 2.75) is 37.6 Å². The second kappa shape index (κ2) is 9.41. The van der Waals surface area contributed by atoms with Crippen molar-refractivity contribution in [3.8, 4) is 0 Å². The Labute approximate surface area is 143 Å². The van der Waals surface area contributed by atoms with E-state index in [-0.39, 0.29) is 11.9 Å². The molecule has 1 atom stereocenters. The normalized spacial score (nSPS) is 12.1. The second-order valence-corrected chi connectivity index (χ2v) is 7.24. The lowest BCUT2D eigenvalue weighted by atomic mass is 9.97. The summed E-state index contributed by atoms with van der Waals surface area (Å²) < 4.78 is 0. The van der Waals surface area contributed by atoms with Gasteiger partial charge in [0.2, 0.25) is 5.91 Å². The Morgan fingerprint density at radius 2 is 1.61 bits per heavy atom. The maximum atomic E-state index is 12.3. The molecule has 0 bridgehead atoms. The van der Waals surface area contributed by atoms with Crippen molar-refractivity contribution in [1.82, 2.24) is 5.32 Å². The van der Waals surface area contributed by atoms with Gasteiger partial charge in [-0.2, -0.15) is 0 Å². The van der Waals surface area contributed by atoms with Crippen molar-refractivity contribution in [2.75, 3.05) is 5.75 Å². The Hall–Kier alpha value is -1.74. The van der Waals surface area contributed by atoms with Gasteiger partial charge in [-0.25, -0.2) is 0 Å². The zero-order valence-corrected chi connectivity index (χ0v) is 14.7. The standard InChI is InChI=1S/C20H25NOS/c1-16(2)15-19(17-9-5-3-6-10-17)21-20(22)13-14-23-18-11-7-4-8-12-18/h3-12,16,19H,13-15H2,1-2H3,(H,21,22)/t19-/m0/s1. The predicted octanol–water partition coefficient (Wildman–Crippen LogP) is 5.07. The van der Waals surface area contributed by atoms with Gasteiger partial charge in [0.15, 0.2) is 0 Å². The molecule has 0 saturated heterocycles. The summed E-state index contributed by atoms with van der Waals surface area (Å²) in [6.07, 6.45) is 1.50. The maximum absolute atomic E-state index is 12.3. The molecule has 0 aliphatic rings. The largest absolute Gasteiger partial charge is 0.349 e. The molecule has 0 aliphatic carbocycles. The smallest absolute Gasteiger partial charge is 0.221 e. The van der Waals surface area contributed by atoms with Crippen molar-refractivity contribution >= 4 is 17.7 Å². The molecule has 2 aromatic carbocycles. The van der Waals surface area contributed by atoms with Crippen molar-refractivity contribution in [2.24, 2.45) is 5.92 Å². The highest BCUT2D eigenvalue weighted by molar-refractivity contribution is 7.99. The minimum Gasteiger partial charge on any atom is -0.349 e. The van der Waals surface area contributed by atoms with Gasteiger partial charge in [0.05, 0.1) is 6.04 Å². The molecule has 0 unspecified atom stereocenters. The Kier molecular flexibility index (Phi) is 7.21. The van der Waals surface area contributed by atoms with Crippen LogP contribution in [0.3, 0.4) is 0 Å². The zero-order valence-electron chi connectivity index (χ0n) is 13.9. The van der Waals surface area contributed by atoms with Gasteiger partial charge >= 0.3 is 0 Å². The van der Waals surface area contributed by atoms with Crippen molar-refractivity contribution < 1.29 is 4.79 Å². The number of rotatable bonds is 8. The fourth-order valence-corrected chi connectivity index (χ4v) is 3.35. The summed E-state index contributed by atoms with van der Waals surface area (Å²) in [4.78, 5) is 13.5. The summed E-state index contributed by atoms with van der Waals surface area (Å²) in [7, 11) is 0. The number of hydrogen-bond donors (Lipinski definition) is 1. The Balaban J connectivity index is 1.85. The third-order valence-electron chi connectivity index (χ3n) is 3.59. The number of carbonyl (C=O) groups excluding carboxylic acids is 1. The number of nitrogens with one attached hydrogen (secondary N) is 1. The predicted molar refractivity (Wildman–Crippen MR) is 98.6 cm³/mol. The van der Waals surface area contributed by atoms with Crippen LogP contribution in [0.2, 0.25) is 0 Å². The molecule has 1 N–H and O–H groups in total. The third-order valence-corrected chi connectivity index (χ3v) is 4.60. The van der Waals surface area contributed by atoms with Crippen molar-refractivity contribution in [3.63, 3.8) is 0 Å². The first-order chi connectivity index (χ1) is 11.1. The van der Waals surface area contributed by atoms with Crippen LogP contribution in [0.5, 0.6) is 0 Å². The van der Waals surface area contributed by atoms with E-state index in [2.05, 4.69) is 43.4 Å². The van der Waals surface area contributed by atoms with E-state index in [4.69, 9.17) is 0 Å². The first kappa shape index (κ1) is 17.6. The van der Waals surface area contributed by atoms with E-state index in [0.717, 1.165) is 12.2 Å². The zero-order chi connectivity index (χ0) is 16.5. The SMILES string of the molecule is CC(C)C[C@H](NC(=O)CCSc1ccccc1)c1ccccc1. The van der Waals surface area contributed by atoms with E-state index in [1.54, 1.807) is 11.8 Å². The summed E-state index contributed by atoms with van der Waals surface area (Å²) in [5.41, 5.74) is 1.19. The molecule has 0 radical (unpaired) electrons. The quantitative estimate of drug-likeness (QED) is 0.686. The number of thioether (sulfide) groups is 1. The third kappa shape index (κ3) is 6.49. The van der Waals surface area contributed by atoms with Gasteiger partial charge in [-0.15, -0.1) is 11.8 Å². The Morgan fingerprint density at radius 3 is 2.22 bits per heavy atom. The fraction of sp³-hybridized carbons (Fsp3) is 0.350. The summed E-state index contributed by atoms with van der Waals surface area (Å²) >= 11 is 1.72. The van der Waals surface area contributed by atoms with E-state index in [9.17, 15) is 4.79 Å². The molecule has 2 rings (SSSR count). The van der Waals surface area contributed by atoms with E-state index < -0.39 is 0 Å². The molecule has 0 heterocycles.